The topological polar surface area (TPSA) is 76.8 Å². The number of rotatable bonds is 2. The van der Waals surface area contributed by atoms with Gasteiger partial charge in [0.15, 0.2) is 0 Å². The highest BCUT2D eigenvalue weighted by Gasteiger charge is 2.21. The van der Waals surface area contributed by atoms with Gasteiger partial charge < -0.3 is 10.6 Å². The maximum Gasteiger partial charge on any atom is 0.116 e. The van der Waals surface area contributed by atoms with Crippen molar-refractivity contribution in [3.8, 4) is 12.1 Å². The molecule has 0 aliphatic carbocycles. The molecule has 1 aliphatic rings. The van der Waals surface area contributed by atoms with Crippen LogP contribution in [0.25, 0.3) is 0 Å². The first-order valence-electron chi connectivity index (χ1n) is 4.25. The van der Waals surface area contributed by atoms with E-state index >= 15 is 0 Å². The normalized spacial score (nSPS) is 18.6. The van der Waals surface area contributed by atoms with Crippen LogP contribution >= 0.6 is 12.2 Å². The number of nitriles is 2. The first kappa shape index (κ1) is 10.5. The zero-order chi connectivity index (χ0) is 10.6. The minimum absolute atomic E-state index is 0.118. The molecule has 1 heterocycles. The second-order valence-electron chi connectivity index (χ2n) is 2.98. The van der Waals surface area contributed by atoms with Crippen LogP contribution in [0.3, 0.4) is 0 Å². The Labute approximate surface area is 88.2 Å². The van der Waals surface area contributed by atoms with Crippen LogP contribution in [-0.4, -0.2) is 23.0 Å². The van der Waals surface area contributed by atoms with Crippen LogP contribution in [0.2, 0.25) is 0 Å². The van der Waals surface area contributed by atoms with E-state index < -0.39 is 0 Å². The summed E-state index contributed by atoms with van der Waals surface area (Å²) < 4.78 is 0. The predicted octanol–water partition coefficient (Wildman–Crippen LogP) is 0.670. The molecule has 72 valence electrons. The largest absolute Gasteiger partial charge is 0.389 e. The van der Waals surface area contributed by atoms with Crippen molar-refractivity contribution in [2.45, 2.75) is 12.8 Å². The van der Waals surface area contributed by atoms with Gasteiger partial charge in [-0.1, -0.05) is 12.2 Å². The van der Waals surface area contributed by atoms with Crippen molar-refractivity contribution >= 4 is 17.2 Å². The van der Waals surface area contributed by atoms with Crippen LogP contribution in [-0.2, 0) is 0 Å². The van der Waals surface area contributed by atoms with Gasteiger partial charge in [0.25, 0.3) is 0 Å². The van der Waals surface area contributed by atoms with Crippen molar-refractivity contribution in [1.82, 2.24) is 4.90 Å². The van der Waals surface area contributed by atoms with Crippen LogP contribution in [0.1, 0.15) is 12.8 Å². The van der Waals surface area contributed by atoms with Gasteiger partial charge >= 0.3 is 0 Å². The molecule has 2 N–H and O–H groups in total. The third-order valence-corrected chi connectivity index (χ3v) is 2.34. The maximum atomic E-state index is 8.86. The Balaban J connectivity index is 3.00. The molecule has 4 nitrogen and oxygen atoms in total. The van der Waals surface area contributed by atoms with E-state index in [1.165, 1.54) is 0 Å². The molecular weight excluding hydrogens is 196 g/mol. The van der Waals surface area contributed by atoms with Crippen LogP contribution in [0.5, 0.6) is 0 Å². The number of nitrogens with two attached hydrogens (primary N) is 1. The third kappa shape index (κ3) is 2.01. The molecule has 1 fully saturated rings. The van der Waals surface area contributed by atoms with Gasteiger partial charge in [-0.15, -0.1) is 0 Å². The first-order valence-corrected chi connectivity index (χ1v) is 4.66. The summed E-state index contributed by atoms with van der Waals surface area (Å²) in [6.07, 6.45) is 1.73. The van der Waals surface area contributed by atoms with Crippen molar-refractivity contribution in [3.05, 3.63) is 11.3 Å². The standard InChI is InChI=1S/C9H10N4S/c10-3-5-13-4-1-2-8(13)7(6-11)9(12)14/h1-2,4-5H2,(H2,12,14)/b8-7-. The van der Waals surface area contributed by atoms with E-state index in [1.54, 1.807) is 0 Å². The fraction of sp³-hybridized carbons (Fsp3) is 0.444. The summed E-state index contributed by atoms with van der Waals surface area (Å²) in [5.74, 6) is 0. The third-order valence-electron chi connectivity index (χ3n) is 2.13. The molecule has 0 saturated carbocycles. The van der Waals surface area contributed by atoms with Gasteiger partial charge in [-0.25, -0.2) is 0 Å². The summed E-state index contributed by atoms with van der Waals surface area (Å²) in [5, 5.41) is 17.4. The monoisotopic (exact) mass is 206 g/mol. The summed E-state index contributed by atoms with van der Waals surface area (Å²) in [5.41, 5.74) is 6.60. The fourth-order valence-corrected chi connectivity index (χ4v) is 1.70. The summed E-state index contributed by atoms with van der Waals surface area (Å²) >= 11 is 4.78. The average molecular weight is 206 g/mol. The summed E-state index contributed by atoms with van der Waals surface area (Å²) in [6, 6.07) is 4.05. The second-order valence-corrected chi connectivity index (χ2v) is 3.42. The predicted molar refractivity (Wildman–Crippen MR) is 55.8 cm³/mol. The number of hydrogen-bond donors (Lipinski definition) is 1. The first-order chi connectivity index (χ1) is 6.70. The highest BCUT2D eigenvalue weighted by Crippen LogP contribution is 2.23. The Morgan fingerprint density at radius 2 is 2.29 bits per heavy atom. The summed E-state index contributed by atoms with van der Waals surface area (Å²) in [6.45, 7) is 1.10. The molecule has 0 unspecified atom stereocenters. The smallest absolute Gasteiger partial charge is 0.116 e. The molecule has 5 heteroatoms. The van der Waals surface area contributed by atoms with Gasteiger partial charge in [-0.05, 0) is 12.8 Å². The van der Waals surface area contributed by atoms with Crippen molar-refractivity contribution in [2.75, 3.05) is 13.1 Å². The lowest BCUT2D eigenvalue weighted by Gasteiger charge is -2.16. The van der Waals surface area contributed by atoms with Gasteiger partial charge in [0.2, 0.25) is 0 Å². The number of thiocarbonyl (C=S) groups is 1. The molecule has 0 aromatic carbocycles. The molecular formula is C9H10N4S. The van der Waals surface area contributed by atoms with Crippen molar-refractivity contribution < 1.29 is 0 Å². The van der Waals surface area contributed by atoms with Crippen molar-refractivity contribution in [1.29, 1.82) is 10.5 Å². The van der Waals surface area contributed by atoms with Gasteiger partial charge in [0.1, 0.15) is 23.2 Å². The molecule has 1 saturated heterocycles. The average Bonchev–Trinajstić information content (AvgIpc) is 2.55. The van der Waals surface area contributed by atoms with Crippen LogP contribution in [0.4, 0.5) is 0 Å². The molecule has 0 aromatic heterocycles. The number of nitrogens with zero attached hydrogens (tertiary/aromatic N) is 3. The molecule has 0 bridgehead atoms. The van der Waals surface area contributed by atoms with Crippen LogP contribution in [0.15, 0.2) is 11.3 Å². The number of hydrogen-bond acceptors (Lipinski definition) is 4. The Morgan fingerprint density at radius 3 is 2.79 bits per heavy atom. The summed E-state index contributed by atoms with van der Waals surface area (Å²) in [7, 11) is 0. The van der Waals surface area contributed by atoms with E-state index in [4.69, 9.17) is 28.5 Å². The van der Waals surface area contributed by atoms with E-state index in [0.29, 0.717) is 12.1 Å². The number of allylic oxidation sites excluding steroid dienone is 1. The minimum atomic E-state index is 0.118. The van der Waals surface area contributed by atoms with E-state index in [2.05, 4.69) is 6.07 Å². The lowest BCUT2D eigenvalue weighted by atomic mass is 10.2. The van der Waals surface area contributed by atoms with E-state index in [9.17, 15) is 0 Å². The Bertz CT molecular complexity index is 358. The molecule has 0 aromatic rings. The summed E-state index contributed by atoms with van der Waals surface area (Å²) in [4.78, 5) is 1.98. The Morgan fingerprint density at radius 1 is 1.57 bits per heavy atom. The van der Waals surface area contributed by atoms with Gasteiger partial charge in [-0.3, -0.25) is 0 Å². The van der Waals surface area contributed by atoms with E-state index in [1.807, 2.05) is 11.0 Å². The fourth-order valence-electron chi connectivity index (χ4n) is 1.54. The van der Waals surface area contributed by atoms with Gasteiger partial charge in [0, 0.05) is 12.2 Å². The zero-order valence-electron chi connectivity index (χ0n) is 7.66. The van der Waals surface area contributed by atoms with Crippen molar-refractivity contribution in [2.24, 2.45) is 5.73 Å². The van der Waals surface area contributed by atoms with Crippen LogP contribution in [0, 0.1) is 22.7 Å². The quantitative estimate of drug-likeness (QED) is 0.311. The highest BCUT2D eigenvalue weighted by molar-refractivity contribution is 7.80. The highest BCUT2D eigenvalue weighted by atomic mass is 32.1. The lowest BCUT2D eigenvalue weighted by Crippen LogP contribution is -2.22. The molecule has 0 atom stereocenters. The Kier molecular flexibility index (Phi) is 3.44. The maximum absolute atomic E-state index is 8.86. The Hall–Kier alpha value is -1.59. The molecule has 0 radical (unpaired) electrons. The molecule has 1 aliphatic heterocycles. The second kappa shape index (κ2) is 4.59. The molecule has 14 heavy (non-hydrogen) atoms. The lowest BCUT2D eigenvalue weighted by molar-refractivity contribution is 0.440. The van der Waals surface area contributed by atoms with Crippen molar-refractivity contribution in [3.63, 3.8) is 0 Å². The van der Waals surface area contributed by atoms with Gasteiger partial charge in [-0.2, -0.15) is 10.5 Å². The van der Waals surface area contributed by atoms with Crippen LogP contribution < -0.4 is 5.73 Å². The minimum Gasteiger partial charge on any atom is -0.389 e. The molecule has 0 spiro atoms. The molecule has 1 rings (SSSR count). The molecule has 0 amide bonds. The zero-order valence-corrected chi connectivity index (χ0v) is 8.47. The SMILES string of the molecule is N#CCN1CCC/C1=C(\C#N)C(N)=S. The van der Waals surface area contributed by atoms with E-state index in [-0.39, 0.29) is 4.99 Å². The number of likely N-dealkylation sites (tertiary alicyclic amines) is 1. The van der Waals surface area contributed by atoms with Gasteiger partial charge in [0.05, 0.1) is 6.07 Å². The van der Waals surface area contributed by atoms with E-state index in [0.717, 1.165) is 25.1 Å².